The quantitative estimate of drug-likeness (QED) is 0.274. The van der Waals surface area contributed by atoms with Crippen LogP contribution in [0.2, 0.25) is 0 Å². The van der Waals surface area contributed by atoms with Crippen molar-refractivity contribution in [2.45, 2.75) is 76.5 Å². The van der Waals surface area contributed by atoms with Gasteiger partial charge in [-0.2, -0.15) is 0 Å². The number of anilines is 2. The summed E-state index contributed by atoms with van der Waals surface area (Å²) in [6.45, 7) is 12.3. The molecule has 3 fully saturated rings. The minimum Gasteiger partial charge on any atom is -0.481 e. The molecule has 3 saturated heterocycles. The van der Waals surface area contributed by atoms with Crippen molar-refractivity contribution >= 4 is 29.2 Å². The van der Waals surface area contributed by atoms with Gasteiger partial charge < -0.3 is 29.6 Å². The Morgan fingerprint density at radius 2 is 1.77 bits per heavy atom. The first kappa shape index (κ1) is 29.1. The first-order chi connectivity index (χ1) is 18.7. The Balaban J connectivity index is 1.74. The van der Waals surface area contributed by atoms with Crippen LogP contribution in [0.1, 0.15) is 59.3 Å². The van der Waals surface area contributed by atoms with E-state index in [1.807, 2.05) is 31.2 Å². The normalized spacial score (nSPS) is 29.0. The Morgan fingerprint density at radius 3 is 2.33 bits per heavy atom. The smallest absolute Gasteiger partial charge is 0.310 e. The molecule has 0 saturated carbocycles. The number of rotatable bonds is 14. The van der Waals surface area contributed by atoms with Gasteiger partial charge in [-0.25, -0.2) is 0 Å². The number of amides is 2. The van der Waals surface area contributed by atoms with Gasteiger partial charge in [-0.1, -0.05) is 13.0 Å². The maximum atomic E-state index is 14.5. The second-order valence-corrected chi connectivity index (χ2v) is 10.9. The van der Waals surface area contributed by atoms with Gasteiger partial charge in [-0.05, 0) is 76.6 Å². The number of nitrogens with zero attached hydrogens (tertiary/aromatic N) is 3. The molecular formula is C30H43N3O6. The number of aliphatic carboxylic acids is 1. The lowest BCUT2D eigenvalue weighted by molar-refractivity contribution is -0.155. The van der Waals surface area contributed by atoms with Crippen molar-refractivity contribution in [3.05, 3.63) is 36.9 Å². The molecule has 0 aromatic heterocycles. The molecule has 2 bridgehead atoms. The Morgan fingerprint density at radius 1 is 1.10 bits per heavy atom. The summed E-state index contributed by atoms with van der Waals surface area (Å²) in [7, 11) is 0. The molecule has 0 radical (unpaired) electrons. The third-order valence-corrected chi connectivity index (χ3v) is 9.11. The monoisotopic (exact) mass is 541 g/mol. The number of likely N-dealkylation sites (tertiary alicyclic amines) is 1. The van der Waals surface area contributed by atoms with E-state index in [-0.39, 0.29) is 25.0 Å². The highest BCUT2D eigenvalue weighted by Gasteiger charge is 2.79. The van der Waals surface area contributed by atoms with Crippen molar-refractivity contribution in [1.29, 1.82) is 0 Å². The lowest BCUT2D eigenvalue weighted by atomic mass is 9.65. The molecular weight excluding hydrogens is 498 g/mol. The van der Waals surface area contributed by atoms with Crippen molar-refractivity contribution in [2.75, 3.05) is 42.6 Å². The van der Waals surface area contributed by atoms with Crippen LogP contribution in [0.25, 0.3) is 0 Å². The number of ether oxygens (including phenoxy) is 1. The van der Waals surface area contributed by atoms with Gasteiger partial charge in [0.05, 0.1) is 11.5 Å². The van der Waals surface area contributed by atoms with Crippen LogP contribution in [-0.2, 0) is 19.1 Å². The van der Waals surface area contributed by atoms with E-state index in [2.05, 4.69) is 25.3 Å². The minimum atomic E-state index is -1.18. The Bertz CT molecular complexity index is 1070. The third kappa shape index (κ3) is 4.73. The average Bonchev–Trinajstić information content (AvgIpc) is 3.54. The predicted octanol–water partition coefficient (Wildman–Crippen LogP) is 3.45. The van der Waals surface area contributed by atoms with Gasteiger partial charge in [-0.3, -0.25) is 14.4 Å². The van der Waals surface area contributed by atoms with Crippen molar-refractivity contribution in [2.24, 2.45) is 11.8 Å². The number of aliphatic hydroxyl groups is 1. The summed E-state index contributed by atoms with van der Waals surface area (Å²) in [5, 5.41) is 19.5. The maximum absolute atomic E-state index is 14.5. The average molecular weight is 542 g/mol. The van der Waals surface area contributed by atoms with Crippen molar-refractivity contribution in [3.63, 3.8) is 0 Å². The molecule has 9 nitrogen and oxygen atoms in total. The number of unbranched alkanes of at least 4 members (excludes halogenated alkanes) is 2. The number of benzene rings is 1. The standard InChI is InChI=1S/C30H43N3O6/c1-5-18-32(22-14-12-21(13-15-22)31(7-3)8-4)27(36)25-30-17-16-29(6-2,39-30)24(28(37)38)23(30)26(35)33(25)19-10-9-11-20-34/h5,12-15,23-25,34H,1,6-11,16-20H2,2-4H3,(H,37,38)/t23-,24-,25?,29+,30?/m0/s1. The summed E-state index contributed by atoms with van der Waals surface area (Å²) >= 11 is 0. The van der Waals surface area contributed by atoms with Crippen LogP contribution in [0.3, 0.4) is 0 Å². The Kier molecular flexibility index (Phi) is 8.71. The highest BCUT2D eigenvalue weighted by atomic mass is 16.5. The molecule has 1 aromatic carbocycles. The van der Waals surface area contributed by atoms with Crippen LogP contribution < -0.4 is 9.80 Å². The molecule has 214 valence electrons. The van der Waals surface area contributed by atoms with Gasteiger partial charge >= 0.3 is 5.97 Å². The molecule has 1 spiro atoms. The predicted molar refractivity (Wildman–Crippen MR) is 150 cm³/mol. The highest BCUT2D eigenvalue weighted by molar-refractivity contribution is 6.04. The molecule has 4 rings (SSSR count). The number of fused-ring (bicyclic) bond motifs is 1. The first-order valence-corrected chi connectivity index (χ1v) is 14.4. The van der Waals surface area contributed by atoms with E-state index in [1.165, 1.54) is 0 Å². The zero-order valence-corrected chi connectivity index (χ0v) is 23.5. The highest BCUT2D eigenvalue weighted by Crippen LogP contribution is 2.64. The molecule has 2 N–H and O–H groups in total. The summed E-state index contributed by atoms with van der Waals surface area (Å²) in [5.41, 5.74) is -0.370. The fraction of sp³-hybridized carbons (Fsp3) is 0.633. The second-order valence-electron chi connectivity index (χ2n) is 10.9. The van der Waals surface area contributed by atoms with Gasteiger partial charge in [0.1, 0.15) is 17.6 Å². The maximum Gasteiger partial charge on any atom is 0.310 e. The molecule has 3 aliphatic heterocycles. The van der Waals surface area contributed by atoms with E-state index in [4.69, 9.17) is 4.74 Å². The lowest BCUT2D eigenvalue weighted by Crippen LogP contribution is -2.56. The van der Waals surface area contributed by atoms with Crippen LogP contribution in [0, 0.1) is 11.8 Å². The number of carboxylic acid groups (broad SMARTS) is 1. The van der Waals surface area contributed by atoms with Crippen LogP contribution >= 0.6 is 0 Å². The van der Waals surface area contributed by atoms with E-state index >= 15 is 0 Å². The van der Waals surface area contributed by atoms with Crippen LogP contribution in [0.4, 0.5) is 11.4 Å². The van der Waals surface area contributed by atoms with Gasteiger partial charge in [-0.15, -0.1) is 6.58 Å². The van der Waals surface area contributed by atoms with Gasteiger partial charge in [0, 0.05) is 44.2 Å². The zero-order valence-electron chi connectivity index (χ0n) is 23.5. The third-order valence-electron chi connectivity index (χ3n) is 9.11. The van der Waals surface area contributed by atoms with E-state index in [9.17, 15) is 24.6 Å². The molecule has 3 heterocycles. The summed E-state index contributed by atoms with van der Waals surface area (Å²) in [4.78, 5) is 46.4. The Labute approximate surface area is 231 Å². The number of carbonyl (C=O) groups is 3. The fourth-order valence-electron chi connectivity index (χ4n) is 7.22. The zero-order chi connectivity index (χ0) is 28.4. The Hall–Kier alpha value is -2.91. The fourth-order valence-corrected chi connectivity index (χ4v) is 7.22. The number of carboxylic acids is 1. The molecule has 9 heteroatoms. The van der Waals surface area contributed by atoms with Gasteiger partial charge in [0.15, 0.2) is 0 Å². The van der Waals surface area contributed by atoms with E-state index < -0.39 is 35.0 Å². The van der Waals surface area contributed by atoms with Crippen LogP contribution in [0.5, 0.6) is 0 Å². The number of hydrogen-bond acceptors (Lipinski definition) is 6. The molecule has 3 aliphatic rings. The second kappa shape index (κ2) is 11.7. The lowest BCUT2D eigenvalue weighted by Gasteiger charge is -2.37. The van der Waals surface area contributed by atoms with E-state index in [0.717, 1.165) is 18.8 Å². The van der Waals surface area contributed by atoms with Crippen LogP contribution in [0.15, 0.2) is 36.9 Å². The largest absolute Gasteiger partial charge is 0.481 e. The minimum absolute atomic E-state index is 0.0582. The topological polar surface area (TPSA) is 111 Å². The van der Waals surface area contributed by atoms with E-state index in [1.54, 1.807) is 15.9 Å². The summed E-state index contributed by atoms with van der Waals surface area (Å²) < 4.78 is 6.64. The first-order valence-electron chi connectivity index (χ1n) is 14.4. The van der Waals surface area contributed by atoms with E-state index in [0.29, 0.717) is 50.8 Å². The SMILES string of the molecule is C=CCN(C(=O)C1N(CCCCCO)C(=O)[C@@H]2[C@@H](C(=O)O)[C@@]3(CC)CCC12O3)c1ccc(N(CC)CC)cc1. The molecule has 39 heavy (non-hydrogen) atoms. The van der Waals surface area contributed by atoms with Crippen molar-refractivity contribution in [1.82, 2.24) is 4.90 Å². The summed E-state index contributed by atoms with van der Waals surface area (Å²) in [6.07, 6.45) is 5.01. The molecule has 2 unspecified atom stereocenters. The van der Waals surface area contributed by atoms with Gasteiger partial charge in [0.25, 0.3) is 5.91 Å². The molecule has 5 atom stereocenters. The molecule has 0 aliphatic carbocycles. The number of hydrogen-bond donors (Lipinski definition) is 2. The van der Waals surface area contributed by atoms with Crippen LogP contribution in [-0.4, -0.2) is 82.9 Å². The van der Waals surface area contributed by atoms with Gasteiger partial charge in [0.2, 0.25) is 5.91 Å². The molecule has 2 amide bonds. The number of carbonyl (C=O) groups excluding carboxylic acids is 2. The number of aliphatic hydroxyl groups excluding tert-OH is 1. The summed E-state index contributed by atoms with van der Waals surface area (Å²) in [5.74, 6) is -3.51. The van der Waals surface area contributed by atoms with Crippen molar-refractivity contribution < 1.29 is 29.3 Å². The summed E-state index contributed by atoms with van der Waals surface area (Å²) in [6, 6.07) is 6.87. The van der Waals surface area contributed by atoms with Crippen molar-refractivity contribution in [3.8, 4) is 0 Å². The molecule has 1 aromatic rings.